The summed E-state index contributed by atoms with van der Waals surface area (Å²) in [6, 6.07) is 8.05. The van der Waals surface area contributed by atoms with Gasteiger partial charge in [-0.15, -0.1) is 0 Å². The average Bonchev–Trinajstić information content (AvgIpc) is 3.11. The van der Waals surface area contributed by atoms with Crippen LogP contribution in [-0.4, -0.2) is 31.8 Å². The molecule has 6 heteroatoms. The lowest BCUT2D eigenvalue weighted by molar-refractivity contribution is -0.116. The van der Waals surface area contributed by atoms with E-state index in [0.717, 1.165) is 41.0 Å². The molecule has 0 saturated heterocycles. The van der Waals surface area contributed by atoms with E-state index < -0.39 is 0 Å². The number of amides is 1. The highest BCUT2D eigenvalue weighted by molar-refractivity contribution is 5.91. The molecule has 1 aromatic carbocycles. The quantitative estimate of drug-likeness (QED) is 0.555. The van der Waals surface area contributed by atoms with Crippen LogP contribution in [-0.2, 0) is 18.4 Å². The summed E-state index contributed by atoms with van der Waals surface area (Å²) in [7, 11) is 1.90. The zero-order chi connectivity index (χ0) is 17.8. The van der Waals surface area contributed by atoms with E-state index in [-0.39, 0.29) is 5.91 Å². The van der Waals surface area contributed by atoms with Gasteiger partial charge in [0, 0.05) is 37.5 Å². The largest absolute Gasteiger partial charge is 0.352 e. The minimum absolute atomic E-state index is 0.0851. The lowest BCUT2D eigenvalue weighted by Gasteiger charge is -2.05. The Bertz CT molecular complexity index is 919. The number of aromatic nitrogens is 4. The van der Waals surface area contributed by atoms with Gasteiger partial charge in [0.05, 0.1) is 23.1 Å². The SMILES string of the molecule is Cc1nn(C)c(C)c1/C=C/C(=O)NCCCn1cnc2ccccc21. The van der Waals surface area contributed by atoms with Crippen LogP contribution in [0.3, 0.4) is 0 Å². The van der Waals surface area contributed by atoms with E-state index in [9.17, 15) is 4.79 Å². The maximum absolute atomic E-state index is 12.0. The summed E-state index contributed by atoms with van der Waals surface area (Å²) >= 11 is 0. The fourth-order valence-corrected chi connectivity index (χ4v) is 2.90. The van der Waals surface area contributed by atoms with Crippen molar-refractivity contribution in [3.63, 3.8) is 0 Å². The number of benzene rings is 1. The third-order valence-electron chi connectivity index (χ3n) is 4.37. The third-order valence-corrected chi connectivity index (χ3v) is 4.37. The summed E-state index contributed by atoms with van der Waals surface area (Å²) in [6.07, 6.45) is 6.10. The fraction of sp³-hybridized carbons (Fsp3) is 0.316. The highest BCUT2D eigenvalue weighted by Crippen LogP contribution is 2.13. The summed E-state index contributed by atoms with van der Waals surface area (Å²) in [4.78, 5) is 16.3. The highest BCUT2D eigenvalue weighted by Gasteiger charge is 2.06. The molecule has 0 aliphatic heterocycles. The predicted molar refractivity (Wildman–Crippen MR) is 99.1 cm³/mol. The molecular weight excluding hydrogens is 314 g/mol. The molecule has 2 aromatic heterocycles. The number of hydrogen-bond donors (Lipinski definition) is 1. The van der Waals surface area contributed by atoms with Crippen LogP contribution >= 0.6 is 0 Å². The van der Waals surface area contributed by atoms with Crippen LogP contribution in [0.5, 0.6) is 0 Å². The Kier molecular flexibility index (Phi) is 4.97. The van der Waals surface area contributed by atoms with Gasteiger partial charge in [0.15, 0.2) is 0 Å². The first-order valence-electron chi connectivity index (χ1n) is 8.42. The number of carbonyl (C=O) groups is 1. The summed E-state index contributed by atoms with van der Waals surface area (Å²) < 4.78 is 3.93. The molecule has 2 heterocycles. The van der Waals surface area contributed by atoms with E-state index in [1.54, 1.807) is 6.08 Å². The Morgan fingerprint density at radius 3 is 2.84 bits per heavy atom. The molecule has 0 fully saturated rings. The van der Waals surface area contributed by atoms with Crippen LogP contribution in [0.2, 0.25) is 0 Å². The Hall–Kier alpha value is -2.89. The maximum Gasteiger partial charge on any atom is 0.244 e. The number of hydrogen-bond acceptors (Lipinski definition) is 3. The van der Waals surface area contributed by atoms with Crippen molar-refractivity contribution in [2.24, 2.45) is 7.05 Å². The van der Waals surface area contributed by atoms with Gasteiger partial charge in [-0.3, -0.25) is 9.48 Å². The number of carbonyl (C=O) groups excluding carboxylic acids is 1. The average molecular weight is 337 g/mol. The first-order valence-corrected chi connectivity index (χ1v) is 8.42. The topological polar surface area (TPSA) is 64.7 Å². The summed E-state index contributed by atoms with van der Waals surface area (Å²) in [5.74, 6) is -0.0851. The van der Waals surface area contributed by atoms with E-state index in [4.69, 9.17) is 0 Å². The molecule has 0 aliphatic carbocycles. The maximum atomic E-state index is 12.0. The van der Waals surface area contributed by atoms with Gasteiger partial charge in [0.1, 0.15) is 0 Å². The van der Waals surface area contributed by atoms with Crippen molar-refractivity contribution in [1.82, 2.24) is 24.6 Å². The van der Waals surface area contributed by atoms with Gasteiger partial charge in [0.2, 0.25) is 5.91 Å². The highest BCUT2D eigenvalue weighted by atomic mass is 16.1. The van der Waals surface area contributed by atoms with Crippen LogP contribution in [0.25, 0.3) is 17.1 Å². The van der Waals surface area contributed by atoms with E-state index in [1.807, 2.05) is 56.2 Å². The molecule has 0 bridgehead atoms. The summed E-state index contributed by atoms with van der Waals surface area (Å²) in [6.45, 7) is 5.39. The van der Waals surface area contributed by atoms with Gasteiger partial charge >= 0.3 is 0 Å². The number of imidazole rings is 1. The van der Waals surface area contributed by atoms with Crippen molar-refractivity contribution in [3.8, 4) is 0 Å². The first kappa shape index (κ1) is 17.0. The molecule has 0 unspecified atom stereocenters. The van der Waals surface area contributed by atoms with Crippen LogP contribution in [0.1, 0.15) is 23.4 Å². The molecule has 3 rings (SSSR count). The number of para-hydroxylation sites is 2. The Labute approximate surface area is 147 Å². The zero-order valence-corrected chi connectivity index (χ0v) is 14.9. The lowest BCUT2D eigenvalue weighted by Crippen LogP contribution is -2.23. The van der Waals surface area contributed by atoms with E-state index in [1.165, 1.54) is 0 Å². The molecule has 1 amide bonds. The molecular formula is C19H23N5O. The minimum atomic E-state index is -0.0851. The number of nitrogens with zero attached hydrogens (tertiary/aromatic N) is 4. The number of rotatable bonds is 6. The van der Waals surface area contributed by atoms with Crippen molar-refractivity contribution in [2.75, 3.05) is 6.54 Å². The smallest absolute Gasteiger partial charge is 0.244 e. The number of fused-ring (bicyclic) bond motifs is 1. The monoisotopic (exact) mass is 337 g/mol. The van der Waals surface area contributed by atoms with Gasteiger partial charge in [-0.05, 0) is 38.5 Å². The molecule has 130 valence electrons. The van der Waals surface area contributed by atoms with Crippen LogP contribution in [0.4, 0.5) is 0 Å². The Morgan fingerprint density at radius 2 is 2.08 bits per heavy atom. The molecule has 6 nitrogen and oxygen atoms in total. The Morgan fingerprint density at radius 1 is 1.28 bits per heavy atom. The van der Waals surface area contributed by atoms with Crippen molar-refractivity contribution >= 4 is 23.0 Å². The first-order chi connectivity index (χ1) is 12.1. The standard InChI is InChI=1S/C19H23N5O/c1-14-16(15(2)23(3)22-14)9-10-19(25)20-11-6-12-24-13-21-17-7-4-5-8-18(17)24/h4-5,7-10,13H,6,11-12H2,1-3H3,(H,20,25)/b10-9+. The summed E-state index contributed by atoms with van der Waals surface area (Å²) in [5, 5.41) is 7.26. The molecule has 1 N–H and O–H groups in total. The van der Waals surface area contributed by atoms with Crippen molar-refractivity contribution in [3.05, 3.63) is 53.6 Å². The second-order valence-electron chi connectivity index (χ2n) is 6.11. The van der Waals surface area contributed by atoms with Gasteiger partial charge < -0.3 is 9.88 Å². The van der Waals surface area contributed by atoms with Crippen molar-refractivity contribution in [2.45, 2.75) is 26.8 Å². The predicted octanol–water partition coefficient (Wildman–Crippen LogP) is 2.61. The van der Waals surface area contributed by atoms with Gasteiger partial charge in [-0.1, -0.05) is 12.1 Å². The molecule has 0 saturated carbocycles. The summed E-state index contributed by atoms with van der Waals surface area (Å²) in [5.41, 5.74) is 5.10. The Balaban J connectivity index is 1.49. The van der Waals surface area contributed by atoms with Crippen molar-refractivity contribution in [1.29, 1.82) is 0 Å². The molecule has 25 heavy (non-hydrogen) atoms. The fourth-order valence-electron chi connectivity index (χ4n) is 2.90. The molecule has 0 atom stereocenters. The second-order valence-corrected chi connectivity index (χ2v) is 6.11. The lowest BCUT2D eigenvalue weighted by atomic mass is 10.2. The van der Waals surface area contributed by atoms with E-state index in [0.29, 0.717) is 6.54 Å². The van der Waals surface area contributed by atoms with E-state index >= 15 is 0 Å². The molecule has 3 aromatic rings. The molecule has 0 aliphatic rings. The van der Waals surface area contributed by atoms with E-state index in [2.05, 4.69) is 26.0 Å². The third kappa shape index (κ3) is 3.79. The van der Waals surface area contributed by atoms with Crippen LogP contribution in [0, 0.1) is 13.8 Å². The van der Waals surface area contributed by atoms with Gasteiger partial charge in [-0.2, -0.15) is 5.10 Å². The molecule has 0 radical (unpaired) electrons. The van der Waals surface area contributed by atoms with Gasteiger partial charge in [0.25, 0.3) is 0 Å². The van der Waals surface area contributed by atoms with Crippen LogP contribution < -0.4 is 5.32 Å². The van der Waals surface area contributed by atoms with Gasteiger partial charge in [-0.25, -0.2) is 4.98 Å². The minimum Gasteiger partial charge on any atom is -0.352 e. The number of aryl methyl sites for hydroxylation is 3. The van der Waals surface area contributed by atoms with Crippen molar-refractivity contribution < 1.29 is 4.79 Å². The molecule has 0 spiro atoms. The zero-order valence-electron chi connectivity index (χ0n) is 14.9. The van der Waals surface area contributed by atoms with Crippen LogP contribution in [0.15, 0.2) is 36.7 Å². The second kappa shape index (κ2) is 7.34. The normalized spacial score (nSPS) is 11.5. The number of nitrogens with one attached hydrogen (secondary N) is 1.